The number of aromatic hydroxyl groups is 1. The highest BCUT2D eigenvalue weighted by Gasteiger charge is 2.27. The monoisotopic (exact) mass is 455 g/mol. The Morgan fingerprint density at radius 3 is 2.09 bits per heavy atom. The third-order valence-electron chi connectivity index (χ3n) is 4.88. The van der Waals surface area contributed by atoms with Crippen molar-refractivity contribution in [1.29, 1.82) is 0 Å². The highest BCUT2D eigenvalue weighted by molar-refractivity contribution is 7.89. The number of hydrogen-bond acceptors (Lipinski definition) is 5. The topological polar surface area (TPSA) is 113 Å². The molecule has 3 N–H and O–H groups in total. The van der Waals surface area contributed by atoms with Gasteiger partial charge in [-0.2, -0.15) is 4.72 Å². The quantitative estimate of drug-likeness (QED) is 0.449. The fourth-order valence-corrected chi connectivity index (χ4v) is 4.43. The molecule has 1 atom stereocenters. The molecule has 0 radical (unpaired) electrons. The fraction of sp³-hybridized carbons (Fsp3) is 0.208. The number of nitrogens with one attached hydrogen (secondary N) is 1. The third kappa shape index (κ3) is 5.87. The summed E-state index contributed by atoms with van der Waals surface area (Å²) in [4.78, 5) is 11.3. The minimum Gasteiger partial charge on any atom is -0.508 e. The number of rotatable bonds is 9. The summed E-state index contributed by atoms with van der Waals surface area (Å²) in [6.45, 7) is 3.60. The smallest absolute Gasteiger partial charge is 0.322 e. The van der Waals surface area contributed by atoms with E-state index >= 15 is 0 Å². The molecule has 0 heterocycles. The molecule has 3 aromatic rings. The van der Waals surface area contributed by atoms with Gasteiger partial charge < -0.3 is 14.9 Å². The number of aliphatic carboxylic acids is 1. The molecule has 8 heteroatoms. The molecule has 3 aromatic carbocycles. The molecule has 0 fully saturated rings. The predicted molar refractivity (Wildman–Crippen MR) is 121 cm³/mol. The Hall–Kier alpha value is -3.36. The molecule has 0 saturated carbocycles. The Balaban J connectivity index is 1.68. The van der Waals surface area contributed by atoms with Crippen molar-refractivity contribution in [3.63, 3.8) is 0 Å². The van der Waals surface area contributed by atoms with E-state index in [9.17, 15) is 23.4 Å². The Kier molecular flexibility index (Phi) is 7.17. The van der Waals surface area contributed by atoms with Crippen molar-refractivity contribution in [2.75, 3.05) is 0 Å². The van der Waals surface area contributed by atoms with Gasteiger partial charge in [-0.05, 0) is 59.0 Å². The lowest BCUT2D eigenvalue weighted by atomic mass is 10.1. The first kappa shape index (κ1) is 23.3. The first-order valence-electron chi connectivity index (χ1n) is 10.0. The molecule has 0 aliphatic carbocycles. The number of ether oxygens (including phenoxy) is 1. The molecular weight excluding hydrogens is 430 g/mol. The second-order valence-corrected chi connectivity index (χ2v) is 9.40. The normalized spacial score (nSPS) is 12.5. The number of phenols is 1. The van der Waals surface area contributed by atoms with E-state index in [1.165, 1.54) is 12.1 Å². The van der Waals surface area contributed by atoms with Gasteiger partial charge in [0.25, 0.3) is 0 Å². The van der Waals surface area contributed by atoms with Crippen LogP contribution in [0.1, 0.15) is 19.4 Å². The Bertz CT molecular complexity index is 1170. The number of carboxylic acid groups (broad SMARTS) is 1. The van der Waals surface area contributed by atoms with Crippen LogP contribution in [-0.4, -0.2) is 30.6 Å². The number of carbonyl (C=O) groups is 1. The van der Waals surface area contributed by atoms with Gasteiger partial charge in [0.1, 0.15) is 24.1 Å². The standard InChI is InChI=1S/C24H25NO6S/c1-16(2)23(24(27)28)25-32(29,30)22-12-8-19(9-13-22)18-6-10-21(11-7-18)31-15-17-4-3-5-20(26)14-17/h3-14,16,23,25-26H,15H2,1-2H3,(H,27,28)/t23-/m1/s1. The molecule has 0 saturated heterocycles. The highest BCUT2D eigenvalue weighted by atomic mass is 32.2. The molecule has 0 amide bonds. The third-order valence-corrected chi connectivity index (χ3v) is 6.34. The van der Waals surface area contributed by atoms with Crippen LogP contribution in [0.25, 0.3) is 11.1 Å². The van der Waals surface area contributed by atoms with Crippen LogP contribution in [0.3, 0.4) is 0 Å². The van der Waals surface area contributed by atoms with Gasteiger partial charge in [-0.25, -0.2) is 8.42 Å². The van der Waals surface area contributed by atoms with Gasteiger partial charge in [-0.15, -0.1) is 0 Å². The molecular formula is C24H25NO6S. The van der Waals surface area contributed by atoms with E-state index in [2.05, 4.69) is 4.72 Å². The summed E-state index contributed by atoms with van der Waals surface area (Å²) in [5, 5.41) is 18.7. The lowest BCUT2D eigenvalue weighted by Crippen LogP contribution is -2.44. The largest absolute Gasteiger partial charge is 0.508 e. The van der Waals surface area contributed by atoms with Gasteiger partial charge in [0, 0.05) is 0 Å². The lowest BCUT2D eigenvalue weighted by Gasteiger charge is -2.18. The zero-order chi connectivity index (χ0) is 23.3. The summed E-state index contributed by atoms with van der Waals surface area (Å²) >= 11 is 0. The summed E-state index contributed by atoms with van der Waals surface area (Å²) in [5.74, 6) is -0.764. The van der Waals surface area contributed by atoms with Crippen LogP contribution in [0.15, 0.2) is 77.7 Å². The van der Waals surface area contributed by atoms with Crippen LogP contribution < -0.4 is 9.46 Å². The minimum absolute atomic E-state index is 0.000725. The van der Waals surface area contributed by atoms with Crippen molar-refractivity contribution in [1.82, 2.24) is 4.72 Å². The minimum atomic E-state index is -3.96. The van der Waals surface area contributed by atoms with Crippen LogP contribution in [0.2, 0.25) is 0 Å². The number of carboxylic acids is 1. The van der Waals surface area contributed by atoms with E-state index in [-0.39, 0.29) is 10.6 Å². The van der Waals surface area contributed by atoms with Crippen molar-refractivity contribution in [2.24, 2.45) is 5.92 Å². The second kappa shape index (κ2) is 9.84. The van der Waals surface area contributed by atoms with Crippen LogP contribution in [0, 0.1) is 5.92 Å². The maximum atomic E-state index is 12.5. The number of sulfonamides is 1. The Morgan fingerprint density at radius 1 is 0.969 bits per heavy atom. The van der Waals surface area contributed by atoms with Gasteiger partial charge in [0.15, 0.2) is 0 Å². The molecule has 7 nitrogen and oxygen atoms in total. The fourth-order valence-electron chi connectivity index (χ4n) is 3.09. The van der Waals surface area contributed by atoms with Crippen molar-refractivity contribution in [2.45, 2.75) is 31.4 Å². The maximum absolute atomic E-state index is 12.5. The van der Waals surface area contributed by atoms with Gasteiger partial charge in [-0.1, -0.05) is 50.2 Å². The molecule has 0 bridgehead atoms. The molecule has 32 heavy (non-hydrogen) atoms. The summed E-state index contributed by atoms with van der Waals surface area (Å²) in [5.41, 5.74) is 2.53. The van der Waals surface area contributed by atoms with Gasteiger partial charge in [0.2, 0.25) is 10.0 Å². The van der Waals surface area contributed by atoms with E-state index in [0.29, 0.717) is 12.4 Å². The molecule has 0 aliphatic heterocycles. The molecule has 0 spiro atoms. The first-order valence-corrected chi connectivity index (χ1v) is 11.5. The zero-order valence-electron chi connectivity index (χ0n) is 17.7. The molecule has 168 valence electrons. The SMILES string of the molecule is CC(C)[C@@H](NS(=O)(=O)c1ccc(-c2ccc(OCc3cccc(O)c3)cc2)cc1)C(=O)O. The second-order valence-electron chi connectivity index (χ2n) is 7.69. The molecule has 0 unspecified atom stereocenters. The first-order chi connectivity index (χ1) is 15.2. The summed E-state index contributed by atoms with van der Waals surface area (Å²) in [6, 6.07) is 19.2. The van der Waals surface area contributed by atoms with Crippen molar-refractivity contribution in [3.05, 3.63) is 78.4 Å². The average Bonchev–Trinajstić information content (AvgIpc) is 2.76. The van der Waals surface area contributed by atoms with Gasteiger partial charge >= 0.3 is 5.97 Å². The summed E-state index contributed by atoms with van der Waals surface area (Å²) in [6.07, 6.45) is 0. The van der Waals surface area contributed by atoms with E-state index in [4.69, 9.17) is 4.74 Å². The van der Waals surface area contributed by atoms with Crippen LogP contribution in [0.5, 0.6) is 11.5 Å². The lowest BCUT2D eigenvalue weighted by molar-refractivity contribution is -0.140. The van der Waals surface area contributed by atoms with E-state index < -0.39 is 28.0 Å². The average molecular weight is 456 g/mol. The van der Waals surface area contributed by atoms with Crippen molar-refractivity contribution in [3.8, 4) is 22.6 Å². The van der Waals surface area contributed by atoms with Crippen LogP contribution in [-0.2, 0) is 21.4 Å². The summed E-state index contributed by atoms with van der Waals surface area (Å²) < 4.78 is 33.1. The Morgan fingerprint density at radius 2 is 1.56 bits per heavy atom. The van der Waals surface area contributed by atoms with E-state index in [1.54, 1.807) is 44.2 Å². The zero-order valence-corrected chi connectivity index (χ0v) is 18.5. The molecule has 0 aromatic heterocycles. The van der Waals surface area contributed by atoms with E-state index in [1.807, 2.05) is 30.3 Å². The van der Waals surface area contributed by atoms with Crippen molar-refractivity contribution < 1.29 is 28.2 Å². The number of benzene rings is 3. The Labute approximate surface area is 187 Å². The summed E-state index contributed by atoms with van der Waals surface area (Å²) in [7, 11) is -3.96. The maximum Gasteiger partial charge on any atom is 0.322 e. The number of phenolic OH excluding ortho intramolecular Hbond substituents is 1. The van der Waals surface area contributed by atoms with E-state index in [0.717, 1.165) is 16.7 Å². The van der Waals surface area contributed by atoms with Gasteiger partial charge in [-0.3, -0.25) is 4.79 Å². The number of hydrogen-bond donors (Lipinski definition) is 3. The van der Waals surface area contributed by atoms with Crippen LogP contribution in [0.4, 0.5) is 0 Å². The molecule has 3 rings (SSSR count). The van der Waals surface area contributed by atoms with Crippen molar-refractivity contribution >= 4 is 16.0 Å². The van der Waals surface area contributed by atoms with Crippen LogP contribution >= 0.6 is 0 Å². The molecule has 0 aliphatic rings. The van der Waals surface area contributed by atoms with Gasteiger partial charge in [0.05, 0.1) is 4.90 Å². The highest BCUT2D eigenvalue weighted by Crippen LogP contribution is 2.25. The predicted octanol–water partition coefficient (Wildman–Crippen LogP) is 4.03.